The second kappa shape index (κ2) is 7.63. The number of furan rings is 1. The van der Waals surface area contributed by atoms with Crippen molar-refractivity contribution in [2.45, 2.75) is 6.54 Å². The van der Waals surface area contributed by atoms with Crippen LogP contribution in [0.4, 0.5) is 0 Å². The lowest BCUT2D eigenvalue weighted by Gasteiger charge is -2.33. The van der Waals surface area contributed by atoms with Gasteiger partial charge in [0.15, 0.2) is 11.6 Å². The molecule has 8 heteroatoms. The molecule has 0 aliphatic carbocycles. The molecule has 4 rings (SSSR count). The SMILES string of the molecule is COc1ccc(-c2nc(CN3CCN(C(=O)c4ccco4)CC3)no2)cc1. The van der Waals surface area contributed by atoms with Gasteiger partial charge < -0.3 is 18.6 Å². The summed E-state index contributed by atoms with van der Waals surface area (Å²) in [6, 6.07) is 10.9. The largest absolute Gasteiger partial charge is 0.497 e. The summed E-state index contributed by atoms with van der Waals surface area (Å²) in [5.74, 6) is 2.21. The van der Waals surface area contributed by atoms with Gasteiger partial charge in [0.2, 0.25) is 0 Å². The minimum Gasteiger partial charge on any atom is -0.497 e. The normalized spacial score (nSPS) is 15.1. The number of carbonyl (C=O) groups is 1. The van der Waals surface area contributed by atoms with E-state index in [1.807, 2.05) is 24.3 Å². The third-order valence-electron chi connectivity index (χ3n) is 4.56. The van der Waals surface area contributed by atoms with Gasteiger partial charge in [-0.15, -0.1) is 0 Å². The molecule has 1 saturated heterocycles. The standard InChI is InChI=1S/C19H20N4O4/c1-25-15-6-4-14(5-7-15)18-20-17(21-27-18)13-22-8-10-23(11-9-22)19(24)16-3-2-12-26-16/h2-7,12H,8-11,13H2,1H3. The minimum atomic E-state index is -0.0685. The van der Waals surface area contributed by atoms with E-state index in [4.69, 9.17) is 13.7 Å². The Hall–Kier alpha value is -3.13. The first-order chi connectivity index (χ1) is 13.2. The number of rotatable bonds is 5. The Balaban J connectivity index is 1.33. The van der Waals surface area contributed by atoms with Crippen LogP contribution >= 0.6 is 0 Å². The molecule has 27 heavy (non-hydrogen) atoms. The van der Waals surface area contributed by atoms with E-state index in [0.717, 1.165) is 24.4 Å². The summed E-state index contributed by atoms with van der Waals surface area (Å²) in [7, 11) is 1.63. The van der Waals surface area contributed by atoms with Crippen molar-refractivity contribution in [2.75, 3.05) is 33.3 Å². The molecule has 0 spiro atoms. The van der Waals surface area contributed by atoms with Crippen LogP contribution in [0, 0.1) is 0 Å². The van der Waals surface area contributed by atoms with Gasteiger partial charge in [-0.1, -0.05) is 5.16 Å². The monoisotopic (exact) mass is 368 g/mol. The quantitative estimate of drug-likeness (QED) is 0.683. The van der Waals surface area contributed by atoms with Gasteiger partial charge in [0.25, 0.3) is 11.8 Å². The topological polar surface area (TPSA) is 84.8 Å². The third-order valence-corrected chi connectivity index (χ3v) is 4.56. The van der Waals surface area contributed by atoms with Crippen LogP contribution in [0.15, 0.2) is 51.6 Å². The van der Waals surface area contributed by atoms with Crippen molar-refractivity contribution >= 4 is 5.91 Å². The molecule has 0 unspecified atom stereocenters. The molecule has 1 aliphatic heterocycles. The van der Waals surface area contributed by atoms with Crippen LogP contribution in [-0.2, 0) is 6.54 Å². The summed E-state index contributed by atoms with van der Waals surface area (Å²) >= 11 is 0. The number of hydrogen-bond donors (Lipinski definition) is 0. The minimum absolute atomic E-state index is 0.0685. The summed E-state index contributed by atoms with van der Waals surface area (Å²) in [4.78, 5) is 20.8. The highest BCUT2D eigenvalue weighted by molar-refractivity contribution is 5.91. The average molecular weight is 368 g/mol. The molecule has 1 amide bonds. The molecule has 140 valence electrons. The average Bonchev–Trinajstić information content (AvgIpc) is 3.40. The Kier molecular flexibility index (Phi) is 4.88. The van der Waals surface area contributed by atoms with Crippen molar-refractivity contribution in [2.24, 2.45) is 0 Å². The number of amides is 1. The molecule has 3 heterocycles. The summed E-state index contributed by atoms with van der Waals surface area (Å²) < 4.78 is 15.7. The zero-order valence-corrected chi connectivity index (χ0v) is 15.0. The summed E-state index contributed by atoms with van der Waals surface area (Å²) in [6.45, 7) is 3.37. The van der Waals surface area contributed by atoms with Crippen LogP contribution < -0.4 is 4.74 Å². The van der Waals surface area contributed by atoms with Gasteiger partial charge in [0, 0.05) is 31.7 Å². The van der Waals surface area contributed by atoms with Crippen molar-refractivity contribution in [3.8, 4) is 17.2 Å². The fraction of sp³-hybridized carbons (Fsp3) is 0.316. The van der Waals surface area contributed by atoms with Gasteiger partial charge in [-0.2, -0.15) is 4.98 Å². The molecule has 0 N–H and O–H groups in total. The molecular formula is C19H20N4O4. The Morgan fingerprint density at radius 2 is 1.93 bits per heavy atom. The molecule has 2 aromatic heterocycles. The van der Waals surface area contributed by atoms with Crippen molar-refractivity contribution < 1.29 is 18.5 Å². The maximum absolute atomic E-state index is 12.3. The first-order valence-corrected chi connectivity index (χ1v) is 8.75. The van der Waals surface area contributed by atoms with Crippen LogP contribution in [0.25, 0.3) is 11.5 Å². The molecule has 0 radical (unpaired) electrons. The number of methoxy groups -OCH3 is 1. The fourth-order valence-electron chi connectivity index (χ4n) is 3.03. The lowest BCUT2D eigenvalue weighted by Crippen LogP contribution is -2.48. The highest BCUT2D eigenvalue weighted by Crippen LogP contribution is 2.21. The highest BCUT2D eigenvalue weighted by Gasteiger charge is 2.24. The van der Waals surface area contributed by atoms with Crippen LogP contribution in [-0.4, -0.2) is 59.1 Å². The Morgan fingerprint density at radius 1 is 1.15 bits per heavy atom. The lowest BCUT2D eigenvalue weighted by molar-refractivity contribution is 0.0594. The molecule has 3 aromatic rings. The van der Waals surface area contributed by atoms with Crippen LogP contribution in [0.2, 0.25) is 0 Å². The van der Waals surface area contributed by atoms with E-state index in [2.05, 4.69) is 15.0 Å². The van der Waals surface area contributed by atoms with E-state index in [1.165, 1.54) is 6.26 Å². The van der Waals surface area contributed by atoms with Gasteiger partial charge in [0.05, 0.1) is 19.9 Å². The molecule has 0 saturated carbocycles. The second-order valence-corrected chi connectivity index (χ2v) is 6.29. The first kappa shape index (κ1) is 17.3. The van der Waals surface area contributed by atoms with E-state index in [9.17, 15) is 4.79 Å². The lowest BCUT2D eigenvalue weighted by atomic mass is 10.2. The molecule has 8 nitrogen and oxygen atoms in total. The molecule has 1 fully saturated rings. The van der Waals surface area contributed by atoms with E-state index in [0.29, 0.717) is 37.1 Å². The van der Waals surface area contributed by atoms with E-state index in [-0.39, 0.29) is 5.91 Å². The summed E-state index contributed by atoms with van der Waals surface area (Å²) in [5, 5.41) is 4.07. The van der Waals surface area contributed by atoms with Crippen LogP contribution in [0.5, 0.6) is 5.75 Å². The zero-order valence-electron chi connectivity index (χ0n) is 15.0. The second-order valence-electron chi connectivity index (χ2n) is 6.29. The van der Waals surface area contributed by atoms with Gasteiger partial charge in [-0.3, -0.25) is 9.69 Å². The Morgan fingerprint density at radius 3 is 2.59 bits per heavy atom. The highest BCUT2D eigenvalue weighted by atomic mass is 16.5. The summed E-state index contributed by atoms with van der Waals surface area (Å²) in [6.07, 6.45) is 1.51. The van der Waals surface area contributed by atoms with Crippen molar-refractivity contribution in [3.05, 3.63) is 54.2 Å². The molecule has 1 aromatic carbocycles. The molecular weight excluding hydrogens is 348 g/mol. The number of carbonyl (C=O) groups excluding carboxylic acids is 1. The number of piperazine rings is 1. The van der Waals surface area contributed by atoms with Crippen LogP contribution in [0.3, 0.4) is 0 Å². The Labute approximate surface area is 156 Å². The number of hydrogen-bond acceptors (Lipinski definition) is 7. The van der Waals surface area contributed by atoms with Gasteiger partial charge in [-0.25, -0.2) is 0 Å². The van der Waals surface area contributed by atoms with Crippen molar-refractivity contribution in [1.29, 1.82) is 0 Å². The van der Waals surface area contributed by atoms with Crippen LogP contribution in [0.1, 0.15) is 16.4 Å². The van der Waals surface area contributed by atoms with Crippen molar-refractivity contribution in [3.63, 3.8) is 0 Å². The maximum atomic E-state index is 12.3. The third kappa shape index (κ3) is 3.85. The molecule has 0 atom stereocenters. The van der Waals surface area contributed by atoms with E-state index in [1.54, 1.807) is 24.1 Å². The number of aromatic nitrogens is 2. The maximum Gasteiger partial charge on any atom is 0.289 e. The van der Waals surface area contributed by atoms with Gasteiger partial charge in [-0.05, 0) is 36.4 Å². The predicted molar refractivity (Wildman–Crippen MR) is 96.2 cm³/mol. The number of ether oxygens (including phenoxy) is 1. The van der Waals surface area contributed by atoms with E-state index < -0.39 is 0 Å². The molecule has 0 bridgehead atoms. The Bertz CT molecular complexity index is 881. The smallest absolute Gasteiger partial charge is 0.289 e. The first-order valence-electron chi connectivity index (χ1n) is 8.75. The van der Waals surface area contributed by atoms with Gasteiger partial charge in [0.1, 0.15) is 5.75 Å². The van der Waals surface area contributed by atoms with E-state index >= 15 is 0 Å². The zero-order chi connectivity index (χ0) is 18.6. The number of nitrogens with zero attached hydrogens (tertiary/aromatic N) is 4. The number of benzene rings is 1. The summed E-state index contributed by atoms with van der Waals surface area (Å²) in [5.41, 5.74) is 0.850. The molecule has 1 aliphatic rings. The fourth-order valence-corrected chi connectivity index (χ4v) is 3.03. The predicted octanol–water partition coefficient (Wildman–Crippen LogP) is 2.30. The van der Waals surface area contributed by atoms with Gasteiger partial charge >= 0.3 is 0 Å². The van der Waals surface area contributed by atoms with Crippen molar-refractivity contribution in [1.82, 2.24) is 19.9 Å².